The van der Waals surface area contributed by atoms with Crippen molar-refractivity contribution in [3.05, 3.63) is 55.6 Å². The molecule has 21 heavy (non-hydrogen) atoms. The van der Waals surface area contributed by atoms with E-state index in [9.17, 15) is 15.2 Å². The topological polar surface area (TPSA) is 85.0 Å². The summed E-state index contributed by atoms with van der Waals surface area (Å²) >= 11 is 2.01. The summed E-state index contributed by atoms with van der Waals surface area (Å²) in [4.78, 5) is 14.4. The zero-order chi connectivity index (χ0) is 15.4. The molecule has 0 aliphatic rings. The fourth-order valence-corrected chi connectivity index (χ4v) is 2.13. The van der Waals surface area contributed by atoms with Crippen LogP contribution in [-0.4, -0.2) is 23.4 Å². The number of methoxy groups -OCH3 is 1. The molecule has 0 heterocycles. The van der Waals surface area contributed by atoms with Gasteiger partial charge in [-0.05, 0) is 40.8 Å². The third kappa shape index (κ3) is 3.69. The molecule has 0 amide bonds. The van der Waals surface area contributed by atoms with Crippen LogP contribution in [0.4, 0.5) is 11.4 Å². The molecule has 0 bridgehead atoms. The van der Waals surface area contributed by atoms with Crippen LogP contribution in [0.15, 0.2) is 41.4 Å². The Morgan fingerprint density at radius 2 is 2.00 bits per heavy atom. The summed E-state index contributed by atoms with van der Waals surface area (Å²) in [6.07, 6.45) is 1.58. The summed E-state index contributed by atoms with van der Waals surface area (Å²) in [5, 5.41) is 20.2. The minimum Gasteiger partial charge on any atom is -0.507 e. The molecule has 0 aliphatic heterocycles. The number of halogens is 1. The summed E-state index contributed by atoms with van der Waals surface area (Å²) < 4.78 is 5.86. The summed E-state index contributed by atoms with van der Waals surface area (Å²) in [7, 11) is 1.50. The van der Waals surface area contributed by atoms with Gasteiger partial charge >= 0.3 is 0 Å². The molecule has 0 radical (unpaired) electrons. The second kappa shape index (κ2) is 6.53. The molecule has 0 unspecified atom stereocenters. The van der Waals surface area contributed by atoms with Crippen molar-refractivity contribution in [2.75, 3.05) is 7.11 Å². The molecule has 0 atom stereocenters. The van der Waals surface area contributed by atoms with Crippen molar-refractivity contribution in [1.29, 1.82) is 0 Å². The molecule has 0 saturated heterocycles. The summed E-state index contributed by atoms with van der Waals surface area (Å²) in [5.41, 5.74) is 1.31. The smallest absolute Gasteiger partial charge is 0.269 e. The molecule has 0 saturated carbocycles. The first-order valence-electron chi connectivity index (χ1n) is 5.86. The summed E-state index contributed by atoms with van der Waals surface area (Å²) in [6.45, 7) is 0. The van der Waals surface area contributed by atoms with Crippen LogP contribution in [0.2, 0.25) is 0 Å². The van der Waals surface area contributed by atoms with Gasteiger partial charge in [0.1, 0.15) is 11.5 Å². The van der Waals surface area contributed by atoms with Crippen LogP contribution in [0, 0.1) is 13.7 Å². The molecule has 2 aromatic rings. The van der Waals surface area contributed by atoms with Gasteiger partial charge in [-0.15, -0.1) is 0 Å². The average Bonchev–Trinajstić information content (AvgIpc) is 2.48. The number of nitrogens with zero attached hydrogens (tertiary/aromatic N) is 2. The normalized spacial score (nSPS) is 10.8. The number of phenolic OH excluding ortho intramolecular Hbond substituents is 1. The lowest BCUT2D eigenvalue weighted by atomic mass is 10.2. The highest BCUT2D eigenvalue weighted by Crippen LogP contribution is 2.28. The zero-order valence-electron chi connectivity index (χ0n) is 11.0. The van der Waals surface area contributed by atoms with E-state index in [0.29, 0.717) is 20.6 Å². The van der Waals surface area contributed by atoms with Crippen LogP contribution in [0.5, 0.6) is 11.5 Å². The number of non-ortho nitro benzene ring substituents is 1. The largest absolute Gasteiger partial charge is 0.507 e. The van der Waals surface area contributed by atoms with Crippen LogP contribution in [0.3, 0.4) is 0 Å². The van der Waals surface area contributed by atoms with Crippen LogP contribution in [0.25, 0.3) is 0 Å². The number of hydrogen-bond donors (Lipinski definition) is 1. The van der Waals surface area contributed by atoms with Crippen molar-refractivity contribution >= 4 is 40.2 Å². The first-order chi connectivity index (χ1) is 10.0. The molecule has 7 heteroatoms. The first kappa shape index (κ1) is 15.2. The molecular formula is C14H11IN2O4. The second-order valence-electron chi connectivity index (χ2n) is 4.08. The highest BCUT2D eigenvalue weighted by Gasteiger charge is 2.07. The predicted molar refractivity (Wildman–Crippen MR) is 87.7 cm³/mol. The number of hydrogen-bond acceptors (Lipinski definition) is 5. The number of rotatable bonds is 4. The van der Waals surface area contributed by atoms with Gasteiger partial charge in [0.05, 0.1) is 21.3 Å². The molecule has 1 N–H and O–H groups in total. The van der Waals surface area contributed by atoms with Gasteiger partial charge in [-0.1, -0.05) is 0 Å². The maximum Gasteiger partial charge on any atom is 0.269 e. The fourth-order valence-electron chi connectivity index (χ4n) is 1.64. The first-order valence-corrected chi connectivity index (χ1v) is 6.94. The van der Waals surface area contributed by atoms with Crippen LogP contribution in [0.1, 0.15) is 5.56 Å². The Labute approximate surface area is 134 Å². The number of aliphatic imine (C=N–C) groups is 1. The molecule has 0 aromatic heterocycles. The Kier molecular flexibility index (Phi) is 4.73. The lowest BCUT2D eigenvalue weighted by molar-refractivity contribution is -0.384. The van der Waals surface area contributed by atoms with E-state index in [4.69, 9.17) is 4.74 Å². The quantitative estimate of drug-likeness (QED) is 0.369. The van der Waals surface area contributed by atoms with Crippen LogP contribution < -0.4 is 4.74 Å². The minimum atomic E-state index is -0.459. The molecule has 6 nitrogen and oxygen atoms in total. The van der Waals surface area contributed by atoms with E-state index in [1.807, 2.05) is 22.6 Å². The van der Waals surface area contributed by atoms with E-state index in [-0.39, 0.29) is 11.4 Å². The highest BCUT2D eigenvalue weighted by molar-refractivity contribution is 14.1. The maximum absolute atomic E-state index is 10.6. The second-order valence-corrected chi connectivity index (χ2v) is 5.24. The molecule has 0 fully saturated rings. The van der Waals surface area contributed by atoms with Crippen molar-refractivity contribution in [2.24, 2.45) is 4.99 Å². The van der Waals surface area contributed by atoms with E-state index >= 15 is 0 Å². The molecule has 0 aliphatic carbocycles. The standard InChI is InChI=1S/C14H11IN2O4/c1-21-14-7-13(18)12(15)6-9(14)8-16-10-2-4-11(5-3-10)17(19)20/h2-8,18H,1H3. The Morgan fingerprint density at radius 1 is 1.33 bits per heavy atom. The highest BCUT2D eigenvalue weighted by atomic mass is 127. The predicted octanol–water partition coefficient (Wildman–Crippen LogP) is 3.66. The van der Waals surface area contributed by atoms with Gasteiger partial charge in [0, 0.05) is 30.0 Å². The monoisotopic (exact) mass is 398 g/mol. The SMILES string of the molecule is COc1cc(O)c(I)cc1C=Nc1ccc([N+](=O)[O-])cc1. The van der Waals surface area contributed by atoms with Crippen LogP contribution in [-0.2, 0) is 0 Å². The Balaban J connectivity index is 2.28. The third-order valence-corrected chi connectivity index (χ3v) is 3.58. The van der Waals surface area contributed by atoms with Crippen molar-refractivity contribution in [3.8, 4) is 11.5 Å². The molecular weight excluding hydrogens is 387 g/mol. The Morgan fingerprint density at radius 3 is 2.57 bits per heavy atom. The average molecular weight is 398 g/mol. The lowest BCUT2D eigenvalue weighted by Gasteiger charge is -2.06. The number of benzene rings is 2. The van der Waals surface area contributed by atoms with Crippen molar-refractivity contribution in [1.82, 2.24) is 0 Å². The number of ether oxygens (including phenoxy) is 1. The zero-order valence-corrected chi connectivity index (χ0v) is 13.1. The van der Waals surface area contributed by atoms with Gasteiger partial charge in [0.25, 0.3) is 5.69 Å². The van der Waals surface area contributed by atoms with Crippen molar-refractivity contribution < 1.29 is 14.8 Å². The molecule has 108 valence electrons. The molecule has 2 aromatic carbocycles. The van der Waals surface area contributed by atoms with Gasteiger partial charge in [0.15, 0.2) is 0 Å². The van der Waals surface area contributed by atoms with Gasteiger partial charge < -0.3 is 9.84 Å². The number of nitro benzene ring substituents is 1. The van der Waals surface area contributed by atoms with Gasteiger partial charge in [-0.3, -0.25) is 15.1 Å². The fraction of sp³-hybridized carbons (Fsp3) is 0.0714. The third-order valence-electron chi connectivity index (χ3n) is 2.71. The summed E-state index contributed by atoms with van der Waals surface area (Å²) in [6, 6.07) is 9.16. The van der Waals surface area contributed by atoms with E-state index < -0.39 is 4.92 Å². The maximum atomic E-state index is 10.6. The molecule has 0 spiro atoms. The van der Waals surface area contributed by atoms with E-state index in [1.54, 1.807) is 24.4 Å². The van der Waals surface area contributed by atoms with Crippen LogP contribution >= 0.6 is 22.6 Å². The van der Waals surface area contributed by atoms with E-state index in [2.05, 4.69) is 4.99 Å². The van der Waals surface area contributed by atoms with Crippen molar-refractivity contribution in [3.63, 3.8) is 0 Å². The minimum absolute atomic E-state index is 0.0192. The Bertz CT molecular complexity index is 699. The lowest BCUT2D eigenvalue weighted by Crippen LogP contribution is -1.92. The van der Waals surface area contributed by atoms with Gasteiger partial charge in [0.2, 0.25) is 0 Å². The number of nitro groups is 1. The number of phenols is 1. The Hall–Kier alpha value is -2.16. The van der Waals surface area contributed by atoms with Gasteiger partial charge in [-0.2, -0.15) is 0 Å². The molecule has 2 rings (SSSR count). The summed E-state index contributed by atoms with van der Waals surface area (Å²) in [5.74, 6) is 0.638. The van der Waals surface area contributed by atoms with Gasteiger partial charge in [-0.25, -0.2) is 0 Å². The van der Waals surface area contributed by atoms with E-state index in [1.165, 1.54) is 25.3 Å². The number of aromatic hydroxyl groups is 1. The van der Waals surface area contributed by atoms with Crippen molar-refractivity contribution in [2.45, 2.75) is 0 Å². The van der Waals surface area contributed by atoms with E-state index in [0.717, 1.165) is 0 Å².